The van der Waals surface area contributed by atoms with Gasteiger partial charge in [-0.15, -0.1) is 0 Å². The summed E-state index contributed by atoms with van der Waals surface area (Å²) in [6.07, 6.45) is 2.07. The topological polar surface area (TPSA) is 27.8 Å². The summed E-state index contributed by atoms with van der Waals surface area (Å²) in [6.45, 7) is 1.66. The fourth-order valence-electron chi connectivity index (χ4n) is 2.27. The minimum Gasteiger partial charge on any atom is -0.361 e. The molecule has 0 saturated heterocycles. The van der Waals surface area contributed by atoms with Gasteiger partial charge in [0.25, 0.3) is 0 Å². The minimum atomic E-state index is 0.784. The van der Waals surface area contributed by atoms with Gasteiger partial charge in [0.15, 0.2) is 0 Å². The zero-order chi connectivity index (χ0) is 13.1. The van der Waals surface area contributed by atoms with E-state index >= 15 is 0 Å². The van der Waals surface area contributed by atoms with Gasteiger partial charge in [0.1, 0.15) is 0 Å². The highest BCUT2D eigenvalue weighted by atomic mass is 35.5. The average molecular weight is 271 g/mol. The molecule has 1 aromatic heterocycles. The van der Waals surface area contributed by atoms with Crippen LogP contribution in [0.3, 0.4) is 0 Å². The van der Waals surface area contributed by atoms with Gasteiger partial charge < -0.3 is 10.3 Å². The number of para-hydroxylation sites is 1. The maximum atomic E-state index is 5.97. The Kier molecular flexibility index (Phi) is 3.53. The smallest absolute Gasteiger partial charge is 0.0457 e. The third-order valence-corrected chi connectivity index (χ3v) is 3.44. The quantitative estimate of drug-likeness (QED) is 0.734. The fourth-order valence-corrected chi connectivity index (χ4v) is 2.48. The molecular weight excluding hydrogens is 256 g/mol. The molecule has 0 aliphatic carbocycles. The van der Waals surface area contributed by atoms with Crippen molar-refractivity contribution in [3.63, 3.8) is 0 Å². The zero-order valence-corrected chi connectivity index (χ0v) is 11.2. The summed E-state index contributed by atoms with van der Waals surface area (Å²) in [5, 5.41) is 5.51. The molecule has 2 aromatic carbocycles. The molecule has 0 bridgehead atoms. The molecule has 0 fully saturated rings. The maximum absolute atomic E-state index is 5.97. The Balaban J connectivity index is 1.66. The normalized spacial score (nSPS) is 11.0. The number of halogens is 1. The third-order valence-electron chi connectivity index (χ3n) is 3.21. The van der Waals surface area contributed by atoms with E-state index in [0.717, 1.165) is 18.1 Å². The van der Waals surface area contributed by atoms with Crippen LogP contribution in [0.5, 0.6) is 0 Å². The highest BCUT2D eigenvalue weighted by Gasteiger charge is 2.02. The molecule has 0 spiro atoms. The lowest BCUT2D eigenvalue weighted by Gasteiger charge is -2.04. The van der Waals surface area contributed by atoms with Gasteiger partial charge in [0.05, 0.1) is 0 Å². The first-order valence-electron chi connectivity index (χ1n) is 6.33. The summed E-state index contributed by atoms with van der Waals surface area (Å²) in [5.74, 6) is 0. The predicted molar refractivity (Wildman–Crippen MR) is 80.3 cm³/mol. The Bertz CT molecular complexity index is 688. The second-order valence-corrected chi connectivity index (χ2v) is 5.03. The number of benzene rings is 2. The number of aromatic amines is 1. The van der Waals surface area contributed by atoms with Crippen LogP contribution in [0.2, 0.25) is 5.02 Å². The molecular formula is C16H15ClN2. The minimum absolute atomic E-state index is 0.784. The summed E-state index contributed by atoms with van der Waals surface area (Å²) in [6, 6.07) is 16.3. The van der Waals surface area contributed by atoms with E-state index in [2.05, 4.69) is 40.8 Å². The van der Waals surface area contributed by atoms with Crippen molar-refractivity contribution in [3.8, 4) is 0 Å². The number of nitrogens with one attached hydrogen (secondary N) is 2. The number of hydrogen-bond donors (Lipinski definition) is 2. The highest BCUT2D eigenvalue weighted by molar-refractivity contribution is 6.30. The monoisotopic (exact) mass is 270 g/mol. The Morgan fingerprint density at radius 2 is 1.89 bits per heavy atom. The van der Waals surface area contributed by atoms with Crippen LogP contribution >= 0.6 is 11.6 Å². The standard InChI is InChI=1S/C16H15ClN2/c17-14-5-3-4-12(8-14)9-18-10-13-11-19-16-7-2-1-6-15(13)16/h1-8,11,18-19H,9-10H2. The van der Waals surface area contributed by atoms with Crippen molar-refractivity contribution in [2.24, 2.45) is 0 Å². The first kappa shape index (κ1) is 12.3. The van der Waals surface area contributed by atoms with Gasteiger partial charge in [-0.25, -0.2) is 0 Å². The van der Waals surface area contributed by atoms with Gasteiger partial charge in [-0.1, -0.05) is 41.9 Å². The molecule has 0 radical (unpaired) electrons. The van der Waals surface area contributed by atoms with Gasteiger partial charge in [-0.3, -0.25) is 0 Å². The van der Waals surface area contributed by atoms with Crippen LogP contribution in [0.15, 0.2) is 54.7 Å². The van der Waals surface area contributed by atoms with E-state index < -0.39 is 0 Å². The first-order chi connectivity index (χ1) is 9.33. The van der Waals surface area contributed by atoms with Crippen molar-refractivity contribution in [2.45, 2.75) is 13.1 Å². The second-order valence-electron chi connectivity index (χ2n) is 4.59. The number of aromatic nitrogens is 1. The van der Waals surface area contributed by atoms with E-state index in [1.165, 1.54) is 22.0 Å². The Morgan fingerprint density at radius 1 is 1.00 bits per heavy atom. The number of fused-ring (bicyclic) bond motifs is 1. The number of hydrogen-bond acceptors (Lipinski definition) is 1. The third kappa shape index (κ3) is 2.80. The van der Waals surface area contributed by atoms with Crippen molar-refractivity contribution in [3.05, 3.63) is 70.9 Å². The summed E-state index contributed by atoms with van der Waals surface area (Å²) < 4.78 is 0. The lowest BCUT2D eigenvalue weighted by atomic mass is 10.1. The SMILES string of the molecule is Clc1cccc(CNCc2c[nH]c3ccccc23)c1. The van der Waals surface area contributed by atoms with Gasteiger partial charge in [0, 0.05) is 35.2 Å². The van der Waals surface area contributed by atoms with Gasteiger partial charge in [-0.2, -0.15) is 0 Å². The molecule has 0 amide bonds. The van der Waals surface area contributed by atoms with Crippen LogP contribution in [0.4, 0.5) is 0 Å². The van der Waals surface area contributed by atoms with Crippen LogP contribution in [0.1, 0.15) is 11.1 Å². The molecule has 0 unspecified atom stereocenters. The van der Waals surface area contributed by atoms with Crippen LogP contribution in [-0.4, -0.2) is 4.98 Å². The second kappa shape index (κ2) is 5.47. The van der Waals surface area contributed by atoms with Crippen LogP contribution < -0.4 is 5.32 Å². The molecule has 0 saturated carbocycles. The van der Waals surface area contributed by atoms with E-state index in [4.69, 9.17) is 11.6 Å². The Labute approximate surface area is 117 Å². The highest BCUT2D eigenvalue weighted by Crippen LogP contribution is 2.17. The lowest BCUT2D eigenvalue weighted by Crippen LogP contribution is -2.12. The summed E-state index contributed by atoms with van der Waals surface area (Å²) in [5.41, 5.74) is 3.67. The van der Waals surface area contributed by atoms with Crippen LogP contribution in [0, 0.1) is 0 Å². The van der Waals surface area contributed by atoms with E-state index in [-0.39, 0.29) is 0 Å². The molecule has 2 N–H and O–H groups in total. The molecule has 3 heteroatoms. The molecule has 96 valence electrons. The lowest BCUT2D eigenvalue weighted by molar-refractivity contribution is 0.696. The van der Waals surface area contributed by atoms with Crippen molar-refractivity contribution in [1.29, 1.82) is 0 Å². The maximum Gasteiger partial charge on any atom is 0.0457 e. The number of rotatable bonds is 4. The van der Waals surface area contributed by atoms with Crippen LogP contribution in [0.25, 0.3) is 10.9 Å². The van der Waals surface area contributed by atoms with Gasteiger partial charge in [0.2, 0.25) is 0 Å². The first-order valence-corrected chi connectivity index (χ1v) is 6.71. The molecule has 1 heterocycles. The zero-order valence-electron chi connectivity index (χ0n) is 10.5. The molecule has 0 atom stereocenters. The fraction of sp³-hybridized carbons (Fsp3) is 0.125. The van der Waals surface area contributed by atoms with Crippen LogP contribution in [-0.2, 0) is 13.1 Å². The number of H-pyrrole nitrogens is 1. The molecule has 0 aliphatic heterocycles. The van der Waals surface area contributed by atoms with E-state index in [0.29, 0.717) is 0 Å². The van der Waals surface area contributed by atoms with Crippen molar-refractivity contribution in [1.82, 2.24) is 10.3 Å². The Hall–Kier alpha value is -1.77. The van der Waals surface area contributed by atoms with E-state index in [1.807, 2.05) is 24.3 Å². The van der Waals surface area contributed by atoms with E-state index in [9.17, 15) is 0 Å². The van der Waals surface area contributed by atoms with Crippen molar-refractivity contribution >= 4 is 22.5 Å². The van der Waals surface area contributed by atoms with Gasteiger partial charge in [-0.05, 0) is 29.3 Å². The molecule has 3 rings (SSSR count). The molecule has 3 aromatic rings. The van der Waals surface area contributed by atoms with Crippen molar-refractivity contribution in [2.75, 3.05) is 0 Å². The summed E-state index contributed by atoms with van der Waals surface area (Å²) in [4.78, 5) is 3.28. The summed E-state index contributed by atoms with van der Waals surface area (Å²) in [7, 11) is 0. The predicted octanol–water partition coefficient (Wildman–Crippen LogP) is 4.11. The molecule has 2 nitrogen and oxygen atoms in total. The molecule has 0 aliphatic rings. The average Bonchev–Trinajstić information content (AvgIpc) is 2.83. The van der Waals surface area contributed by atoms with Crippen molar-refractivity contribution < 1.29 is 0 Å². The van der Waals surface area contributed by atoms with Gasteiger partial charge >= 0.3 is 0 Å². The summed E-state index contributed by atoms with van der Waals surface area (Å²) >= 11 is 5.97. The molecule has 19 heavy (non-hydrogen) atoms. The van der Waals surface area contributed by atoms with E-state index in [1.54, 1.807) is 0 Å². The largest absolute Gasteiger partial charge is 0.361 e. The Morgan fingerprint density at radius 3 is 2.79 bits per heavy atom.